The Bertz CT molecular complexity index is 823. The number of halogens is 1. The van der Waals surface area contributed by atoms with E-state index in [4.69, 9.17) is 0 Å². The van der Waals surface area contributed by atoms with Crippen LogP contribution in [0, 0.1) is 0 Å². The second-order valence-electron chi connectivity index (χ2n) is 5.96. The van der Waals surface area contributed by atoms with Crippen molar-refractivity contribution in [1.29, 1.82) is 0 Å². The molecule has 0 atom stereocenters. The molecular formula is C17H27IN6O2S. The van der Waals surface area contributed by atoms with E-state index in [0.29, 0.717) is 26.1 Å². The van der Waals surface area contributed by atoms with Crippen LogP contribution in [0.15, 0.2) is 41.5 Å². The van der Waals surface area contributed by atoms with Crippen molar-refractivity contribution in [3.8, 4) is 11.3 Å². The van der Waals surface area contributed by atoms with Crippen LogP contribution in [-0.2, 0) is 16.6 Å². The minimum atomic E-state index is -3.14. The summed E-state index contributed by atoms with van der Waals surface area (Å²) in [6.07, 6.45) is 3.64. The first-order chi connectivity index (χ1) is 12.4. The van der Waals surface area contributed by atoms with E-state index in [-0.39, 0.29) is 24.0 Å². The third kappa shape index (κ3) is 8.26. The first-order valence-electron chi connectivity index (χ1n) is 8.35. The van der Waals surface area contributed by atoms with Crippen LogP contribution in [0.3, 0.4) is 0 Å². The maximum absolute atomic E-state index is 11.0. The van der Waals surface area contributed by atoms with Crippen LogP contribution in [0.25, 0.3) is 11.3 Å². The molecule has 0 spiro atoms. The van der Waals surface area contributed by atoms with E-state index in [0.717, 1.165) is 29.3 Å². The summed E-state index contributed by atoms with van der Waals surface area (Å²) in [5, 5.41) is 3.21. The van der Waals surface area contributed by atoms with Gasteiger partial charge in [-0.3, -0.25) is 4.99 Å². The van der Waals surface area contributed by atoms with Crippen LogP contribution >= 0.6 is 24.0 Å². The number of imidazole rings is 1. The molecule has 8 nitrogen and oxygen atoms in total. The largest absolute Gasteiger partial charge is 0.356 e. The lowest BCUT2D eigenvalue weighted by molar-refractivity contribution is 0.463. The molecular weight excluding hydrogens is 479 g/mol. The van der Waals surface area contributed by atoms with Crippen LogP contribution in [0.4, 0.5) is 0 Å². The van der Waals surface area contributed by atoms with Gasteiger partial charge in [-0.15, -0.1) is 24.0 Å². The highest BCUT2D eigenvalue weighted by atomic mass is 127. The van der Waals surface area contributed by atoms with Crippen molar-refractivity contribution in [2.24, 2.45) is 4.99 Å². The van der Waals surface area contributed by atoms with E-state index in [1.54, 1.807) is 7.05 Å². The number of aliphatic imine (C=N–C) groups is 1. The highest BCUT2D eigenvalue weighted by Crippen LogP contribution is 2.16. The summed E-state index contributed by atoms with van der Waals surface area (Å²) in [4.78, 5) is 14.0. The van der Waals surface area contributed by atoms with Crippen molar-refractivity contribution in [1.82, 2.24) is 24.9 Å². The molecule has 2 aromatic rings. The van der Waals surface area contributed by atoms with Gasteiger partial charge in [0.1, 0.15) is 5.82 Å². The van der Waals surface area contributed by atoms with Crippen molar-refractivity contribution < 1.29 is 8.42 Å². The minimum Gasteiger partial charge on any atom is -0.356 e. The van der Waals surface area contributed by atoms with E-state index in [1.165, 1.54) is 0 Å². The topological polar surface area (TPSA) is 102 Å². The van der Waals surface area contributed by atoms with Crippen LogP contribution in [0.5, 0.6) is 0 Å². The Morgan fingerprint density at radius 3 is 2.59 bits per heavy atom. The summed E-state index contributed by atoms with van der Waals surface area (Å²) in [6, 6.07) is 10.0. The number of H-pyrrole nitrogens is 1. The Morgan fingerprint density at radius 1 is 1.26 bits per heavy atom. The first kappa shape index (κ1) is 23.4. The van der Waals surface area contributed by atoms with Gasteiger partial charge in [-0.05, 0) is 12.0 Å². The fourth-order valence-electron chi connectivity index (χ4n) is 2.44. The maximum atomic E-state index is 11.0. The van der Waals surface area contributed by atoms with Gasteiger partial charge in [-0.25, -0.2) is 18.1 Å². The smallest absolute Gasteiger partial charge is 0.208 e. The predicted molar refractivity (Wildman–Crippen MR) is 120 cm³/mol. The van der Waals surface area contributed by atoms with Crippen LogP contribution in [0.1, 0.15) is 12.2 Å². The zero-order valence-corrected chi connectivity index (χ0v) is 18.9. The van der Waals surface area contributed by atoms with Gasteiger partial charge >= 0.3 is 0 Å². The molecule has 27 heavy (non-hydrogen) atoms. The standard InChI is InChI=1S/C17H26N6O2S.HI/c1-18-17(19-10-7-11-21-26(3,24)25)23(2)13-16-20-12-15(22-16)14-8-5-4-6-9-14;/h4-6,8-9,12,21H,7,10-11,13H2,1-3H3,(H,18,19)(H,20,22);1H. The normalized spacial score (nSPS) is 11.7. The van der Waals surface area contributed by atoms with Crippen molar-refractivity contribution in [2.75, 3.05) is 33.4 Å². The summed E-state index contributed by atoms with van der Waals surface area (Å²) in [5.74, 6) is 1.56. The fraction of sp³-hybridized carbons (Fsp3) is 0.412. The minimum absolute atomic E-state index is 0. The number of guanidine groups is 1. The van der Waals surface area contributed by atoms with Crippen LogP contribution in [0.2, 0.25) is 0 Å². The zero-order valence-electron chi connectivity index (χ0n) is 15.8. The van der Waals surface area contributed by atoms with Crippen molar-refractivity contribution in [3.63, 3.8) is 0 Å². The lowest BCUT2D eigenvalue weighted by Crippen LogP contribution is -2.39. The highest BCUT2D eigenvalue weighted by Gasteiger charge is 2.09. The Hall–Kier alpha value is -1.66. The van der Waals surface area contributed by atoms with E-state index < -0.39 is 10.0 Å². The average Bonchev–Trinajstić information content (AvgIpc) is 3.06. The number of aromatic amines is 1. The molecule has 1 heterocycles. The molecule has 0 radical (unpaired) electrons. The third-order valence-electron chi connectivity index (χ3n) is 3.67. The van der Waals surface area contributed by atoms with Gasteiger partial charge in [0.2, 0.25) is 10.0 Å². The van der Waals surface area contributed by atoms with Gasteiger partial charge in [-0.2, -0.15) is 0 Å². The molecule has 0 fully saturated rings. The summed E-state index contributed by atoms with van der Waals surface area (Å²) < 4.78 is 24.5. The molecule has 0 saturated carbocycles. The molecule has 0 saturated heterocycles. The molecule has 1 aromatic carbocycles. The average molecular weight is 506 g/mol. The number of aromatic nitrogens is 2. The van der Waals surface area contributed by atoms with Crippen molar-refractivity contribution in [3.05, 3.63) is 42.4 Å². The maximum Gasteiger partial charge on any atom is 0.208 e. The second kappa shape index (κ2) is 11.2. The molecule has 0 aliphatic rings. The van der Waals surface area contributed by atoms with Crippen molar-refractivity contribution in [2.45, 2.75) is 13.0 Å². The van der Waals surface area contributed by atoms with Gasteiger partial charge in [0.05, 0.1) is 24.7 Å². The molecule has 1 aromatic heterocycles. The monoisotopic (exact) mass is 506 g/mol. The predicted octanol–water partition coefficient (Wildman–Crippen LogP) is 1.64. The number of nitrogens with zero attached hydrogens (tertiary/aromatic N) is 3. The van der Waals surface area contributed by atoms with Gasteiger partial charge in [0.15, 0.2) is 5.96 Å². The number of rotatable bonds is 8. The van der Waals surface area contributed by atoms with Gasteiger partial charge in [-0.1, -0.05) is 30.3 Å². The summed E-state index contributed by atoms with van der Waals surface area (Å²) in [5.41, 5.74) is 2.07. The quantitative estimate of drug-likeness (QED) is 0.219. The number of nitrogens with one attached hydrogen (secondary N) is 3. The molecule has 150 valence electrons. The Kier molecular flexibility index (Phi) is 9.74. The fourth-order valence-corrected chi connectivity index (χ4v) is 2.95. The molecule has 3 N–H and O–H groups in total. The van der Waals surface area contributed by atoms with E-state index in [9.17, 15) is 8.42 Å². The second-order valence-corrected chi connectivity index (χ2v) is 7.79. The van der Waals surface area contributed by atoms with Gasteiger partial charge in [0.25, 0.3) is 0 Å². The molecule has 2 rings (SSSR count). The van der Waals surface area contributed by atoms with Crippen LogP contribution < -0.4 is 10.0 Å². The lowest BCUT2D eigenvalue weighted by atomic mass is 10.2. The summed E-state index contributed by atoms with van der Waals surface area (Å²) in [7, 11) is 0.500. The first-order valence-corrected chi connectivity index (χ1v) is 10.2. The van der Waals surface area contributed by atoms with Gasteiger partial charge < -0.3 is 15.2 Å². The molecule has 0 aliphatic carbocycles. The zero-order chi connectivity index (χ0) is 19.0. The van der Waals surface area contributed by atoms with E-state index >= 15 is 0 Å². The molecule has 0 bridgehead atoms. The third-order valence-corrected chi connectivity index (χ3v) is 4.40. The summed E-state index contributed by atoms with van der Waals surface area (Å²) in [6.45, 7) is 1.59. The molecule has 0 amide bonds. The molecule has 0 unspecified atom stereocenters. The lowest BCUT2D eigenvalue weighted by Gasteiger charge is -2.21. The Labute approximate surface area is 177 Å². The molecule has 10 heteroatoms. The van der Waals surface area contributed by atoms with Gasteiger partial charge in [0, 0.05) is 27.2 Å². The summed E-state index contributed by atoms with van der Waals surface area (Å²) >= 11 is 0. The number of hydrogen-bond acceptors (Lipinski definition) is 4. The SMILES string of the molecule is CN=C(NCCCNS(C)(=O)=O)N(C)Cc1ncc(-c2ccccc2)[nH]1.I. The Balaban J connectivity index is 0.00000364. The van der Waals surface area contributed by atoms with E-state index in [1.807, 2.05) is 48.5 Å². The highest BCUT2D eigenvalue weighted by molar-refractivity contribution is 14.0. The molecule has 0 aliphatic heterocycles. The number of benzene rings is 1. The van der Waals surface area contributed by atoms with Crippen molar-refractivity contribution >= 4 is 40.0 Å². The number of sulfonamides is 1. The van der Waals surface area contributed by atoms with E-state index in [2.05, 4.69) is 25.0 Å². The number of hydrogen-bond donors (Lipinski definition) is 3. The Morgan fingerprint density at radius 2 is 1.96 bits per heavy atom. The van der Waals surface area contributed by atoms with Crippen LogP contribution in [-0.4, -0.2) is 62.7 Å².